The summed E-state index contributed by atoms with van der Waals surface area (Å²) in [5.74, 6) is 0. The molecule has 0 unspecified atom stereocenters. The van der Waals surface area contributed by atoms with Crippen LogP contribution < -0.4 is 4.90 Å². The van der Waals surface area contributed by atoms with Crippen molar-refractivity contribution in [3.8, 4) is 0 Å². The minimum Gasteiger partial charge on any atom is -0.351 e. The average Bonchev–Trinajstić information content (AvgIpc) is 3.01. The Morgan fingerprint density at radius 2 is 1.90 bits per heavy atom. The quantitative estimate of drug-likeness (QED) is 0.637. The number of hydrogen-bond acceptors (Lipinski definition) is 1. The first-order chi connectivity index (χ1) is 9.74. The van der Waals surface area contributed by atoms with E-state index in [0.717, 1.165) is 12.2 Å². The molecular weight excluding hydrogens is 244 g/mol. The van der Waals surface area contributed by atoms with Crippen LogP contribution in [-0.4, -0.2) is 4.57 Å². The van der Waals surface area contributed by atoms with Gasteiger partial charge in [0.15, 0.2) is 0 Å². The summed E-state index contributed by atoms with van der Waals surface area (Å²) >= 11 is 0. The summed E-state index contributed by atoms with van der Waals surface area (Å²) in [5.41, 5.74) is 6.18. The zero-order chi connectivity index (χ0) is 13.7. The van der Waals surface area contributed by atoms with Gasteiger partial charge < -0.3 is 9.47 Å². The van der Waals surface area contributed by atoms with E-state index in [1.807, 2.05) is 0 Å². The van der Waals surface area contributed by atoms with Crippen LogP contribution in [0.25, 0.3) is 16.6 Å². The second-order valence-electron chi connectivity index (χ2n) is 5.36. The molecule has 3 aromatic rings. The summed E-state index contributed by atoms with van der Waals surface area (Å²) in [6.45, 7) is 5.17. The van der Waals surface area contributed by atoms with Crippen molar-refractivity contribution in [1.29, 1.82) is 0 Å². The average molecular weight is 260 g/mol. The fourth-order valence-corrected chi connectivity index (χ4v) is 3.03. The molecule has 0 spiro atoms. The van der Waals surface area contributed by atoms with E-state index in [1.165, 1.54) is 27.7 Å². The van der Waals surface area contributed by atoms with Crippen molar-refractivity contribution < 1.29 is 0 Å². The molecule has 1 aromatic heterocycles. The lowest BCUT2D eigenvalue weighted by Gasteiger charge is -2.19. The number of fused-ring (bicyclic) bond motifs is 2. The van der Waals surface area contributed by atoms with Gasteiger partial charge in [0.25, 0.3) is 0 Å². The van der Waals surface area contributed by atoms with Crippen molar-refractivity contribution in [2.75, 3.05) is 4.90 Å². The van der Waals surface area contributed by atoms with E-state index in [1.54, 1.807) is 0 Å². The number of aromatic nitrogens is 1. The monoisotopic (exact) mass is 260 g/mol. The van der Waals surface area contributed by atoms with Gasteiger partial charge in [-0.05, 0) is 29.8 Å². The predicted molar refractivity (Wildman–Crippen MR) is 84.6 cm³/mol. The number of benzene rings is 2. The van der Waals surface area contributed by atoms with E-state index < -0.39 is 0 Å². The van der Waals surface area contributed by atoms with Crippen LogP contribution in [0.5, 0.6) is 0 Å². The number of aryl methyl sites for hydroxylation is 1. The Balaban J connectivity index is 1.79. The molecule has 0 fully saturated rings. The Hall–Kier alpha value is -2.48. The van der Waals surface area contributed by atoms with Gasteiger partial charge in [-0.25, -0.2) is 0 Å². The van der Waals surface area contributed by atoms with Gasteiger partial charge in [-0.15, -0.1) is 0 Å². The molecule has 2 nitrogen and oxygen atoms in total. The minimum absolute atomic E-state index is 0.910. The third-order valence-electron chi connectivity index (χ3n) is 4.16. The Kier molecular flexibility index (Phi) is 2.27. The number of rotatable bonds is 1. The highest BCUT2D eigenvalue weighted by Crippen LogP contribution is 2.36. The fourth-order valence-electron chi connectivity index (χ4n) is 3.03. The van der Waals surface area contributed by atoms with Crippen molar-refractivity contribution in [3.63, 3.8) is 0 Å². The van der Waals surface area contributed by atoms with E-state index in [9.17, 15) is 0 Å². The lowest BCUT2D eigenvalue weighted by Crippen LogP contribution is -2.12. The molecule has 0 bridgehead atoms. The smallest absolute Gasteiger partial charge is 0.0488 e. The van der Waals surface area contributed by atoms with Crippen molar-refractivity contribution in [2.24, 2.45) is 7.05 Å². The van der Waals surface area contributed by atoms with Gasteiger partial charge in [-0.2, -0.15) is 0 Å². The first kappa shape index (κ1) is 11.4. The molecule has 1 aliphatic heterocycles. The summed E-state index contributed by atoms with van der Waals surface area (Å²) in [6, 6.07) is 17.3. The zero-order valence-corrected chi connectivity index (χ0v) is 11.5. The van der Waals surface area contributed by atoms with Crippen LogP contribution in [0.2, 0.25) is 0 Å². The van der Waals surface area contributed by atoms with Crippen molar-refractivity contribution in [1.82, 2.24) is 4.57 Å². The van der Waals surface area contributed by atoms with Gasteiger partial charge in [0.2, 0.25) is 0 Å². The van der Waals surface area contributed by atoms with Crippen molar-refractivity contribution >= 4 is 22.3 Å². The van der Waals surface area contributed by atoms with Crippen molar-refractivity contribution in [3.05, 3.63) is 72.4 Å². The lowest BCUT2D eigenvalue weighted by atomic mass is 10.1. The standard InChI is InChI=1S/C18H16N2/c1-13-17-6-4-3-5-15(17)12-20(13)16-7-8-18-14(11-16)9-10-19(18)2/h3-11H,1,12H2,2H3. The van der Waals surface area contributed by atoms with Crippen LogP contribution in [0.4, 0.5) is 5.69 Å². The third kappa shape index (κ3) is 1.51. The van der Waals surface area contributed by atoms with Crippen LogP contribution in [0, 0.1) is 0 Å². The molecule has 0 radical (unpaired) electrons. The highest BCUT2D eigenvalue weighted by atomic mass is 15.2. The molecular formula is C18H16N2. The molecule has 1 aliphatic rings. The summed E-state index contributed by atoms with van der Waals surface area (Å²) in [4.78, 5) is 2.29. The van der Waals surface area contributed by atoms with E-state index in [0.29, 0.717) is 0 Å². The molecule has 2 heteroatoms. The molecule has 0 N–H and O–H groups in total. The maximum atomic E-state index is 4.26. The van der Waals surface area contributed by atoms with E-state index >= 15 is 0 Å². The molecule has 20 heavy (non-hydrogen) atoms. The van der Waals surface area contributed by atoms with Gasteiger partial charge >= 0.3 is 0 Å². The second-order valence-corrected chi connectivity index (χ2v) is 5.36. The molecule has 0 saturated carbocycles. The second kappa shape index (κ2) is 4.01. The SMILES string of the molecule is C=C1c2ccccc2CN1c1ccc2c(ccn2C)c1. The topological polar surface area (TPSA) is 8.17 Å². The van der Waals surface area contributed by atoms with E-state index in [-0.39, 0.29) is 0 Å². The van der Waals surface area contributed by atoms with E-state index in [4.69, 9.17) is 0 Å². The first-order valence-electron chi connectivity index (χ1n) is 6.84. The maximum absolute atomic E-state index is 4.26. The number of hydrogen-bond donors (Lipinski definition) is 0. The van der Waals surface area contributed by atoms with Crippen LogP contribution in [0.1, 0.15) is 11.1 Å². The van der Waals surface area contributed by atoms with Crippen LogP contribution in [-0.2, 0) is 13.6 Å². The maximum Gasteiger partial charge on any atom is 0.0488 e. The van der Waals surface area contributed by atoms with Gasteiger partial charge in [-0.1, -0.05) is 30.8 Å². The van der Waals surface area contributed by atoms with Gasteiger partial charge in [-0.3, -0.25) is 0 Å². The molecule has 0 atom stereocenters. The van der Waals surface area contributed by atoms with Crippen molar-refractivity contribution in [2.45, 2.75) is 6.54 Å². The molecule has 2 aromatic carbocycles. The number of anilines is 1. The molecule has 98 valence electrons. The minimum atomic E-state index is 0.910. The zero-order valence-electron chi connectivity index (χ0n) is 11.5. The van der Waals surface area contributed by atoms with Crippen LogP contribution >= 0.6 is 0 Å². The van der Waals surface area contributed by atoms with Crippen LogP contribution in [0.3, 0.4) is 0 Å². The molecule has 0 aliphatic carbocycles. The normalized spacial score (nSPS) is 14.1. The van der Waals surface area contributed by atoms with Gasteiger partial charge in [0, 0.05) is 47.6 Å². The molecule has 2 heterocycles. The molecule has 0 amide bonds. The molecule has 4 rings (SSSR count). The Morgan fingerprint density at radius 1 is 1.05 bits per heavy atom. The summed E-state index contributed by atoms with van der Waals surface area (Å²) < 4.78 is 2.15. The van der Waals surface area contributed by atoms with Gasteiger partial charge in [0.1, 0.15) is 0 Å². The van der Waals surface area contributed by atoms with Gasteiger partial charge in [0.05, 0.1) is 0 Å². The molecule has 0 saturated heterocycles. The summed E-state index contributed by atoms with van der Waals surface area (Å²) in [6.07, 6.45) is 2.10. The Morgan fingerprint density at radius 3 is 2.75 bits per heavy atom. The van der Waals surface area contributed by atoms with E-state index in [2.05, 4.69) is 77.8 Å². The largest absolute Gasteiger partial charge is 0.351 e. The summed E-state index contributed by atoms with van der Waals surface area (Å²) in [7, 11) is 2.08. The Labute approximate surface area is 118 Å². The fraction of sp³-hybridized carbons (Fsp3) is 0.111. The lowest BCUT2D eigenvalue weighted by molar-refractivity contribution is 0.968. The third-order valence-corrected chi connectivity index (χ3v) is 4.16. The van der Waals surface area contributed by atoms with Crippen LogP contribution in [0.15, 0.2) is 61.3 Å². The first-order valence-corrected chi connectivity index (χ1v) is 6.84. The number of nitrogens with zero attached hydrogens (tertiary/aromatic N) is 2. The predicted octanol–water partition coefficient (Wildman–Crippen LogP) is 4.17. The highest BCUT2D eigenvalue weighted by Gasteiger charge is 2.22. The Bertz CT molecular complexity index is 826. The highest BCUT2D eigenvalue weighted by molar-refractivity contribution is 5.89. The summed E-state index contributed by atoms with van der Waals surface area (Å²) in [5, 5.41) is 1.27.